The molecule has 36 heavy (non-hydrogen) atoms. The number of alkyl carbamates (subject to hydrolysis) is 1. The third-order valence-corrected chi connectivity index (χ3v) is 6.19. The standard InChI is InChI=1S/C28H45N3O5/c1-8-9-10-15-29-25(33)24(20-11-13-21(32)14-12-20)31(23-17-19(23)4)26(34)22(16-18(2)3)30-27(35)36-28(5,6)7/h11-14,18-19,22-24,32H,8-10,15-17H2,1-7H3,(H,29,33)(H,30,35). The summed E-state index contributed by atoms with van der Waals surface area (Å²) in [5.74, 6) is -0.108. The number of hydrogen-bond donors (Lipinski definition) is 3. The van der Waals surface area contributed by atoms with Gasteiger partial charge in [-0.1, -0.05) is 52.7 Å². The van der Waals surface area contributed by atoms with Crippen LogP contribution in [0.15, 0.2) is 24.3 Å². The molecule has 4 atom stereocenters. The number of phenols is 1. The van der Waals surface area contributed by atoms with Crippen molar-refractivity contribution in [3.63, 3.8) is 0 Å². The van der Waals surface area contributed by atoms with E-state index in [9.17, 15) is 19.5 Å². The van der Waals surface area contributed by atoms with Crippen molar-refractivity contribution in [2.45, 2.75) is 104 Å². The molecule has 202 valence electrons. The number of rotatable bonds is 12. The first-order chi connectivity index (χ1) is 16.8. The Morgan fingerprint density at radius 3 is 2.25 bits per heavy atom. The summed E-state index contributed by atoms with van der Waals surface area (Å²) in [5, 5.41) is 15.6. The van der Waals surface area contributed by atoms with Crippen LogP contribution in [0.3, 0.4) is 0 Å². The van der Waals surface area contributed by atoms with E-state index in [1.54, 1.807) is 37.8 Å². The van der Waals surface area contributed by atoms with Crippen molar-refractivity contribution in [1.29, 1.82) is 0 Å². The first-order valence-electron chi connectivity index (χ1n) is 13.2. The predicted molar refractivity (Wildman–Crippen MR) is 140 cm³/mol. The van der Waals surface area contributed by atoms with E-state index in [4.69, 9.17) is 4.74 Å². The fraction of sp³-hybridized carbons (Fsp3) is 0.679. The number of nitrogens with zero attached hydrogens (tertiary/aromatic N) is 1. The van der Waals surface area contributed by atoms with E-state index >= 15 is 0 Å². The van der Waals surface area contributed by atoms with Gasteiger partial charge in [0.1, 0.15) is 23.4 Å². The highest BCUT2D eigenvalue weighted by molar-refractivity contribution is 5.92. The molecule has 0 heterocycles. The molecule has 0 saturated heterocycles. The van der Waals surface area contributed by atoms with Gasteiger partial charge in [-0.05, 0) is 69.6 Å². The number of amides is 3. The Hall–Kier alpha value is -2.77. The molecule has 0 radical (unpaired) electrons. The number of unbranched alkanes of at least 4 members (excludes halogenated alkanes) is 2. The van der Waals surface area contributed by atoms with E-state index in [-0.39, 0.29) is 35.4 Å². The largest absolute Gasteiger partial charge is 0.508 e. The van der Waals surface area contributed by atoms with Crippen LogP contribution >= 0.6 is 0 Å². The van der Waals surface area contributed by atoms with Crippen LogP contribution < -0.4 is 10.6 Å². The molecule has 1 aromatic carbocycles. The Kier molecular flexibility index (Phi) is 10.6. The number of benzene rings is 1. The molecule has 1 aliphatic carbocycles. The molecular weight excluding hydrogens is 458 g/mol. The summed E-state index contributed by atoms with van der Waals surface area (Å²) in [4.78, 5) is 41.9. The summed E-state index contributed by atoms with van der Waals surface area (Å²) in [6.45, 7) is 14.0. The molecule has 8 nitrogen and oxygen atoms in total. The van der Waals surface area contributed by atoms with Crippen LogP contribution in [-0.2, 0) is 14.3 Å². The second kappa shape index (κ2) is 13.0. The number of carbonyl (C=O) groups is 3. The minimum atomic E-state index is -0.871. The first-order valence-corrected chi connectivity index (χ1v) is 13.2. The molecule has 0 aromatic heterocycles. The van der Waals surface area contributed by atoms with Gasteiger partial charge < -0.3 is 25.4 Å². The van der Waals surface area contributed by atoms with Gasteiger partial charge in [0.05, 0.1) is 0 Å². The molecule has 2 rings (SSSR count). The lowest BCUT2D eigenvalue weighted by atomic mass is 9.98. The Labute approximate surface area is 216 Å². The fourth-order valence-corrected chi connectivity index (χ4v) is 4.27. The van der Waals surface area contributed by atoms with Gasteiger partial charge in [-0.2, -0.15) is 0 Å². The van der Waals surface area contributed by atoms with E-state index < -0.39 is 23.8 Å². The third-order valence-electron chi connectivity index (χ3n) is 6.19. The zero-order chi connectivity index (χ0) is 27.0. The van der Waals surface area contributed by atoms with Crippen LogP contribution in [0.25, 0.3) is 0 Å². The monoisotopic (exact) mass is 503 g/mol. The van der Waals surface area contributed by atoms with E-state index in [0.29, 0.717) is 18.5 Å². The molecule has 1 aromatic rings. The Balaban J connectivity index is 2.41. The van der Waals surface area contributed by atoms with Gasteiger partial charge in [0.25, 0.3) is 0 Å². The Bertz CT molecular complexity index is 878. The molecule has 0 spiro atoms. The lowest BCUT2D eigenvalue weighted by molar-refractivity contribution is -0.143. The highest BCUT2D eigenvalue weighted by Gasteiger charge is 2.48. The van der Waals surface area contributed by atoms with Crippen molar-refractivity contribution in [2.24, 2.45) is 11.8 Å². The zero-order valence-electron chi connectivity index (χ0n) is 23.0. The van der Waals surface area contributed by atoms with Gasteiger partial charge in [-0.15, -0.1) is 0 Å². The number of aromatic hydroxyl groups is 1. The summed E-state index contributed by atoms with van der Waals surface area (Å²) in [6.07, 6.45) is 3.43. The maximum atomic E-state index is 14.1. The number of nitrogens with one attached hydrogen (secondary N) is 2. The van der Waals surface area contributed by atoms with E-state index in [1.165, 1.54) is 12.1 Å². The van der Waals surface area contributed by atoms with Crippen LogP contribution in [0, 0.1) is 11.8 Å². The zero-order valence-corrected chi connectivity index (χ0v) is 23.0. The van der Waals surface area contributed by atoms with Crippen LogP contribution in [0.1, 0.15) is 92.2 Å². The number of phenolic OH excluding ortho intramolecular Hbond substituents is 1. The summed E-state index contributed by atoms with van der Waals surface area (Å²) >= 11 is 0. The molecule has 1 aliphatic rings. The number of hydrogen-bond acceptors (Lipinski definition) is 5. The average Bonchev–Trinajstić information content (AvgIpc) is 3.49. The molecule has 3 amide bonds. The van der Waals surface area contributed by atoms with Gasteiger partial charge in [0.15, 0.2) is 0 Å². The lowest BCUT2D eigenvalue weighted by Gasteiger charge is -2.35. The predicted octanol–water partition coefficient (Wildman–Crippen LogP) is 4.92. The smallest absolute Gasteiger partial charge is 0.408 e. The van der Waals surface area contributed by atoms with Gasteiger partial charge in [-0.25, -0.2) is 4.79 Å². The normalized spacial score (nSPS) is 18.8. The fourth-order valence-electron chi connectivity index (χ4n) is 4.27. The average molecular weight is 504 g/mol. The van der Waals surface area contributed by atoms with Crippen molar-refractivity contribution in [2.75, 3.05) is 6.54 Å². The Morgan fingerprint density at radius 2 is 1.75 bits per heavy atom. The SMILES string of the molecule is CCCCCNC(=O)C(c1ccc(O)cc1)N(C(=O)C(CC(C)C)NC(=O)OC(C)(C)C)C1CC1C. The van der Waals surface area contributed by atoms with Crippen LogP contribution in [0.2, 0.25) is 0 Å². The maximum absolute atomic E-state index is 14.1. The van der Waals surface area contributed by atoms with Crippen molar-refractivity contribution in [3.05, 3.63) is 29.8 Å². The van der Waals surface area contributed by atoms with E-state index in [0.717, 1.165) is 25.7 Å². The van der Waals surface area contributed by atoms with Crippen molar-refractivity contribution in [1.82, 2.24) is 15.5 Å². The minimum absolute atomic E-state index is 0.0859. The topological polar surface area (TPSA) is 108 Å². The third kappa shape index (κ3) is 9.03. The molecule has 0 bridgehead atoms. The maximum Gasteiger partial charge on any atom is 0.408 e. The van der Waals surface area contributed by atoms with E-state index in [1.807, 2.05) is 13.8 Å². The lowest BCUT2D eigenvalue weighted by Crippen LogP contribution is -2.54. The molecule has 3 N–H and O–H groups in total. The summed E-state index contributed by atoms with van der Waals surface area (Å²) in [7, 11) is 0. The quantitative estimate of drug-likeness (QED) is 0.351. The minimum Gasteiger partial charge on any atom is -0.508 e. The van der Waals surface area contributed by atoms with Crippen LogP contribution in [0.5, 0.6) is 5.75 Å². The van der Waals surface area contributed by atoms with Gasteiger partial charge in [-0.3, -0.25) is 9.59 Å². The molecule has 0 aliphatic heterocycles. The number of carbonyl (C=O) groups excluding carboxylic acids is 3. The summed E-state index contributed by atoms with van der Waals surface area (Å²) in [6, 6.07) is 4.58. The first kappa shape index (κ1) is 29.5. The van der Waals surface area contributed by atoms with Crippen molar-refractivity contribution in [3.8, 4) is 5.75 Å². The second-order valence-corrected chi connectivity index (χ2v) is 11.3. The highest BCUT2D eigenvalue weighted by Crippen LogP contribution is 2.41. The second-order valence-electron chi connectivity index (χ2n) is 11.3. The summed E-state index contributed by atoms with van der Waals surface area (Å²) < 4.78 is 5.43. The van der Waals surface area contributed by atoms with Crippen LogP contribution in [0.4, 0.5) is 4.79 Å². The molecule has 4 unspecified atom stereocenters. The van der Waals surface area contributed by atoms with Gasteiger partial charge in [0.2, 0.25) is 11.8 Å². The highest BCUT2D eigenvalue weighted by atomic mass is 16.6. The molecule has 1 fully saturated rings. The molecule has 1 saturated carbocycles. The van der Waals surface area contributed by atoms with Crippen molar-refractivity contribution < 1.29 is 24.2 Å². The molecular formula is C28H45N3O5. The van der Waals surface area contributed by atoms with Gasteiger partial charge >= 0.3 is 6.09 Å². The summed E-state index contributed by atoms with van der Waals surface area (Å²) in [5.41, 5.74) is -0.0820. The van der Waals surface area contributed by atoms with Crippen LogP contribution in [-0.4, -0.2) is 52.1 Å². The van der Waals surface area contributed by atoms with Crippen molar-refractivity contribution >= 4 is 17.9 Å². The van der Waals surface area contributed by atoms with Gasteiger partial charge in [0, 0.05) is 12.6 Å². The molecule has 8 heteroatoms. The number of ether oxygens (including phenoxy) is 1. The Morgan fingerprint density at radius 1 is 1.14 bits per heavy atom. The van der Waals surface area contributed by atoms with E-state index in [2.05, 4.69) is 24.5 Å².